The van der Waals surface area contributed by atoms with Gasteiger partial charge in [0.1, 0.15) is 5.25 Å². The molecule has 1 fully saturated rings. The summed E-state index contributed by atoms with van der Waals surface area (Å²) < 4.78 is 5.03. The first-order chi connectivity index (χ1) is 11.7. The molecule has 0 bridgehead atoms. The van der Waals surface area contributed by atoms with Crippen LogP contribution in [0.2, 0.25) is 0 Å². The number of thioether (sulfide) groups is 1. The van der Waals surface area contributed by atoms with Gasteiger partial charge in [0.05, 0.1) is 13.3 Å². The Bertz CT molecular complexity index is 806. The fourth-order valence-corrected chi connectivity index (χ4v) is 3.12. The smallest absolute Gasteiger partial charge is 0.244 e. The summed E-state index contributed by atoms with van der Waals surface area (Å²) in [7, 11) is 1.48. The summed E-state index contributed by atoms with van der Waals surface area (Å²) >= 11 is 1.33. The lowest BCUT2D eigenvalue weighted by atomic mass is 10.1. The van der Waals surface area contributed by atoms with E-state index in [1.165, 1.54) is 31.2 Å². The molecule has 24 heavy (non-hydrogen) atoms. The molecule has 6 nitrogen and oxygen atoms in total. The number of nitrogens with one attached hydrogen (secondary N) is 1. The summed E-state index contributed by atoms with van der Waals surface area (Å²) in [6.45, 7) is 0. The SMILES string of the molecule is COc1cc(/C=N/N=C2\NC(=O)[C@@H](c3ccccc3)S2)ccc1O. The number of amides is 1. The number of carbonyl (C=O) groups is 1. The summed E-state index contributed by atoms with van der Waals surface area (Å²) in [5.74, 6) is 0.316. The third kappa shape index (κ3) is 3.57. The predicted octanol–water partition coefficient (Wildman–Crippen LogP) is 2.70. The highest BCUT2D eigenvalue weighted by Crippen LogP contribution is 2.34. The Morgan fingerprint density at radius 1 is 1.25 bits per heavy atom. The minimum atomic E-state index is -0.311. The number of phenols is 1. The molecule has 7 heteroatoms. The van der Waals surface area contributed by atoms with Gasteiger partial charge in [-0.1, -0.05) is 42.1 Å². The summed E-state index contributed by atoms with van der Waals surface area (Å²) in [6.07, 6.45) is 1.53. The molecule has 1 saturated heterocycles. The molecule has 122 valence electrons. The van der Waals surface area contributed by atoms with E-state index in [0.29, 0.717) is 10.9 Å². The van der Waals surface area contributed by atoms with Gasteiger partial charge < -0.3 is 15.2 Å². The van der Waals surface area contributed by atoms with E-state index >= 15 is 0 Å². The van der Waals surface area contributed by atoms with E-state index in [9.17, 15) is 9.90 Å². The van der Waals surface area contributed by atoms with Crippen molar-refractivity contribution in [1.82, 2.24) is 5.32 Å². The average Bonchev–Trinajstić information content (AvgIpc) is 2.98. The van der Waals surface area contributed by atoms with E-state index in [1.54, 1.807) is 12.1 Å². The normalized spacial score (nSPS) is 19.0. The topological polar surface area (TPSA) is 83.3 Å². The predicted molar refractivity (Wildman–Crippen MR) is 94.6 cm³/mol. The van der Waals surface area contributed by atoms with E-state index in [0.717, 1.165) is 11.1 Å². The van der Waals surface area contributed by atoms with Gasteiger partial charge in [-0.25, -0.2) is 0 Å². The molecule has 0 unspecified atom stereocenters. The number of phenolic OH excluding ortho intramolecular Hbond substituents is 1. The zero-order valence-corrected chi connectivity index (χ0v) is 13.7. The zero-order valence-electron chi connectivity index (χ0n) is 12.8. The maximum Gasteiger partial charge on any atom is 0.244 e. The monoisotopic (exact) mass is 341 g/mol. The Hall–Kier alpha value is -2.80. The Morgan fingerprint density at radius 3 is 2.79 bits per heavy atom. The minimum absolute atomic E-state index is 0.0604. The van der Waals surface area contributed by atoms with Crippen molar-refractivity contribution in [1.29, 1.82) is 0 Å². The second-order valence-electron chi connectivity index (χ2n) is 4.98. The molecule has 0 saturated carbocycles. The van der Waals surface area contributed by atoms with Gasteiger partial charge in [-0.05, 0) is 29.3 Å². The highest BCUT2D eigenvalue weighted by Gasteiger charge is 2.31. The fourth-order valence-electron chi connectivity index (χ4n) is 2.18. The summed E-state index contributed by atoms with van der Waals surface area (Å²) in [4.78, 5) is 12.0. The zero-order chi connectivity index (χ0) is 16.9. The molecule has 1 amide bonds. The Kier molecular flexibility index (Phi) is 4.81. The van der Waals surface area contributed by atoms with E-state index in [1.807, 2.05) is 30.3 Å². The van der Waals surface area contributed by atoms with Crippen LogP contribution in [0.1, 0.15) is 16.4 Å². The Balaban J connectivity index is 1.70. The number of nitrogens with zero attached hydrogens (tertiary/aromatic N) is 2. The van der Waals surface area contributed by atoms with Crippen LogP contribution in [0, 0.1) is 0 Å². The van der Waals surface area contributed by atoms with E-state index in [-0.39, 0.29) is 16.9 Å². The quantitative estimate of drug-likeness (QED) is 0.661. The van der Waals surface area contributed by atoms with Crippen LogP contribution in [0.25, 0.3) is 0 Å². The molecule has 0 aromatic heterocycles. The van der Waals surface area contributed by atoms with Crippen molar-refractivity contribution in [3.63, 3.8) is 0 Å². The van der Waals surface area contributed by atoms with Gasteiger partial charge in [-0.3, -0.25) is 4.79 Å². The van der Waals surface area contributed by atoms with Crippen LogP contribution >= 0.6 is 11.8 Å². The van der Waals surface area contributed by atoms with Crippen LogP contribution in [0.4, 0.5) is 0 Å². The van der Waals surface area contributed by atoms with Crippen LogP contribution < -0.4 is 10.1 Å². The van der Waals surface area contributed by atoms with Gasteiger partial charge in [0.2, 0.25) is 5.91 Å². The number of amidine groups is 1. The van der Waals surface area contributed by atoms with Crippen LogP contribution in [0.3, 0.4) is 0 Å². The third-order valence-corrected chi connectivity index (χ3v) is 4.49. The van der Waals surface area contributed by atoms with Crippen molar-refractivity contribution < 1.29 is 14.6 Å². The van der Waals surface area contributed by atoms with Crippen LogP contribution in [-0.2, 0) is 4.79 Å². The van der Waals surface area contributed by atoms with Gasteiger partial charge in [-0.2, -0.15) is 5.10 Å². The lowest BCUT2D eigenvalue weighted by Gasteiger charge is -2.03. The number of aromatic hydroxyl groups is 1. The maximum absolute atomic E-state index is 12.0. The van der Waals surface area contributed by atoms with Crippen molar-refractivity contribution in [2.45, 2.75) is 5.25 Å². The average molecular weight is 341 g/mol. The Morgan fingerprint density at radius 2 is 2.04 bits per heavy atom. The highest BCUT2D eigenvalue weighted by atomic mass is 32.2. The molecule has 1 aliphatic heterocycles. The standard InChI is InChI=1S/C17H15N3O3S/c1-23-14-9-11(7-8-13(14)21)10-18-20-17-19-16(22)15(24-17)12-5-3-2-4-6-12/h2-10,15,21H,1H3,(H,19,20,22)/b18-10+/t15-/m1/s1. The fraction of sp³-hybridized carbons (Fsp3) is 0.118. The number of carbonyl (C=O) groups excluding carboxylic acids is 1. The lowest BCUT2D eigenvalue weighted by Crippen LogP contribution is -2.21. The third-order valence-electron chi connectivity index (χ3n) is 3.36. The van der Waals surface area contributed by atoms with Crippen molar-refractivity contribution in [3.05, 3.63) is 59.7 Å². The largest absolute Gasteiger partial charge is 0.504 e. The van der Waals surface area contributed by atoms with Gasteiger partial charge in [0.25, 0.3) is 0 Å². The van der Waals surface area contributed by atoms with Crippen LogP contribution in [-0.4, -0.2) is 29.5 Å². The second-order valence-corrected chi connectivity index (χ2v) is 6.07. The van der Waals surface area contributed by atoms with Gasteiger partial charge in [0, 0.05) is 0 Å². The summed E-state index contributed by atoms with van der Waals surface area (Å²) in [5, 5.41) is 20.4. The first-order valence-corrected chi connectivity index (χ1v) is 8.06. The Labute approximate surface area is 143 Å². The van der Waals surface area contributed by atoms with Crippen LogP contribution in [0.15, 0.2) is 58.7 Å². The van der Waals surface area contributed by atoms with Crippen molar-refractivity contribution in [2.75, 3.05) is 7.11 Å². The highest BCUT2D eigenvalue weighted by molar-refractivity contribution is 8.15. The number of ether oxygens (including phenoxy) is 1. The molecule has 1 atom stereocenters. The van der Waals surface area contributed by atoms with Crippen molar-refractivity contribution in [2.24, 2.45) is 10.2 Å². The first-order valence-electron chi connectivity index (χ1n) is 7.18. The molecule has 2 aromatic carbocycles. The van der Waals surface area contributed by atoms with E-state index < -0.39 is 0 Å². The molecule has 3 rings (SSSR count). The lowest BCUT2D eigenvalue weighted by molar-refractivity contribution is -0.118. The number of methoxy groups -OCH3 is 1. The van der Waals surface area contributed by atoms with Gasteiger partial charge >= 0.3 is 0 Å². The minimum Gasteiger partial charge on any atom is -0.504 e. The maximum atomic E-state index is 12.0. The molecule has 0 spiro atoms. The summed E-state index contributed by atoms with van der Waals surface area (Å²) in [5.41, 5.74) is 1.65. The number of hydrogen-bond donors (Lipinski definition) is 2. The molecule has 0 aliphatic carbocycles. The second kappa shape index (κ2) is 7.18. The van der Waals surface area contributed by atoms with Crippen molar-refractivity contribution >= 4 is 29.1 Å². The molecule has 1 heterocycles. The van der Waals surface area contributed by atoms with Crippen molar-refractivity contribution in [3.8, 4) is 11.5 Å². The molecule has 2 aromatic rings. The molecular weight excluding hydrogens is 326 g/mol. The van der Waals surface area contributed by atoms with Gasteiger partial charge in [0.15, 0.2) is 16.7 Å². The van der Waals surface area contributed by atoms with E-state index in [2.05, 4.69) is 15.5 Å². The van der Waals surface area contributed by atoms with E-state index in [4.69, 9.17) is 4.74 Å². The van der Waals surface area contributed by atoms with Crippen LogP contribution in [0.5, 0.6) is 11.5 Å². The summed E-state index contributed by atoms with van der Waals surface area (Å²) in [6, 6.07) is 14.4. The molecular formula is C17H15N3O3S. The number of benzene rings is 2. The first kappa shape index (κ1) is 16.1. The number of rotatable bonds is 4. The number of hydrogen-bond acceptors (Lipinski definition) is 6. The van der Waals surface area contributed by atoms with Gasteiger partial charge in [-0.15, -0.1) is 5.10 Å². The molecule has 0 radical (unpaired) electrons. The molecule has 2 N–H and O–H groups in total. The molecule has 1 aliphatic rings.